The van der Waals surface area contributed by atoms with E-state index in [0.29, 0.717) is 6.04 Å². The molecule has 1 aromatic rings. The van der Waals surface area contributed by atoms with Gasteiger partial charge in [-0.1, -0.05) is 18.9 Å². The molecule has 20 heavy (non-hydrogen) atoms. The number of hydrogen-bond acceptors (Lipinski definition) is 3. The van der Waals surface area contributed by atoms with Crippen molar-refractivity contribution < 1.29 is 4.79 Å². The van der Waals surface area contributed by atoms with Gasteiger partial charge in [0.25, 0.3) is 0 Å². The quantitative estimate of drug-likeness (QED) is 0.904. The average Bonchev–Trinajstić information content (AvgIpc) is 3.22. The maximum absolute atomic E-state index is 12.2. The molecule has 2 aliphatic rings. The van der Waals surface area contributed by atoms with Crippen LogP contribution in [0.1, 0.15) is 49.4 Å². The summed E-state index contributed by atoms with van der Waals surface area (Å²) >= 11 is 1.81. The lowest BCUT2D eigenvalue weighted by atomic mass is 10.1. The van der Waals surface area contributed by atoms with E-state index in [0.717, 1.165) is 19.4 Å². The van der Waals surface area contributed by atoms with Gasteiger partial charge in [0.2, 0.25) is 5.91 Å². The second kappa shape index (κ2) is 6.72. The third kappa shape index (κ3) is 3.23. The molecular weight excluding hydrogens is 268 g/mol. The Hall–Kier alpha value is -0.870. The Balaban J connectivity index is 1.59. The summed E-state index contributed by atoms with van der Waals surface area (Å²) in [5, 5.41) is 5.35. The number of amides is 1. The summed E-state index contributed by atoms with van der Waals surface area (Å²) in [5.41, 5.74) is 0. The predicted molar refractivity (Wildman–Crippen MR) is 82.8 cm³/mol. The molecule has 0 unspecified atom stereocenters. The van der Waals surface area contributed by atoms with Crippen molar-refractivity contribution in [3.8, 4) is 0 Å². The van der Waals surface area contributed by atoms with Crippen LogP contribution in [0.25, 0.3) is 0 Å². The molecule has 2 heterocycles. The van der Waals surface area contributed by atoms with Crippen molar-refractivity contribution in [3.63, 3.8) is 0 Å². The van der Waals surface area contributed by atoms with Crippen molar-refractivity contribution in [2.24, 2.45) is 5.92 Å². The molecule has 1 saturated carbocycles. The fourth-order valence-electron chi connectivity index (χ4n) is 3.47. The monoisotopic (exact) mass is 292 g/mol. The standard InChI is InChI=1S/C16H24N2OS/c19-16(13-6-1-2-7-13)17-12-14(15-8-5-11-20-15)18-9-3-4-10-18/h5,8,11,13-14H,1-4,6-7,9-10,12H2,(H,17,19)/t14-/m1/s1. The largest absolute Gasteiger partial charge is 0.354 e. The van der Waals surface area contributed by atoms with Crippen LogP contribution in [0.2, 0.25) is 0 Å². The molecule has 4 heteroatoms. The zero-order valence-corrected chi connectivity index (χ0v) is 12.8. The highest BCUT2D eigenvalue weighted by Crippen LogP contribution is 2.29. The number of thiophene rings is 1. The van der Waals surface area contributed by atoms with E-state index >= 15 is 0 Å². The Labute approximate surface area is 125 Å². The number of rotatable bonds is 5. The molecule has 1 amide bonds. The summed E-state index contributed by atoms with van der Waals surface area (Å²) in [4.78, 5) is 16.1. The van der Waals surface area contributed by atoms with E-state index in [1.807, 2.05) is 11.3 Å². The van der Waals surface area contributed by atoms with E-state index in [1.165, 1.54) is 43.6 Å². The first-order valence-corrected chi connectivity index (χ1v) is 8.78. The lowest BCUT2D eigenvalue weighted by molar-refractivity contribution is -0.125. The Morgan fingerprint density at radius 3 is 2.70 bits per heavy atom. The third-order valence-electron chi connectivity index (χ3n) is 4.65. The Morgan fingerprint density at radius 2 is 2.05 bits per heavy atom. The van der Waals surface area contributed by atoms with Gasteiger partial charge in [0.05, 0.1) is 6.04 Å². The molecular formula is C16H24N2OS. The number of carbonyl (C=O) groups excluding carboxylic acids is 1. The number of nitrogens with one attached hydrogen (secondary N) is 1. The van der Waals surface area contributed by atoms with Crippen molar-refractivity contribution in [1.82, 2.24) is 10.2 Å². The van der Waals surface area contributed by atoms with Crippen LogP contribution in [-0.4, -0.2) is 30.4 Å². The van der Waals surface area contributed by atoms with Gasteiger partial charge in [-0.05, 0) is 50.2 Å². The summed E-state index contributed by atoms with van der Waals surface area (Å²) < 4.78 is 0. The van der Waals surface area contributed by atoms with Gasteiger partial charge in [0, 0.05) is 17.3 Å². The minimum Gasteiger partial charge on any atom is -0.354 e. The fourth-order valence-corrected chi connectivity index (χ4v) is 4.33. The maximum atomic E-state index is 12.2. The molecule has 1 aliphatic heterocycles. The van der Waals surface area contributed by atoms with Gasteiger partial charge in [0.1, 0.15) is 0 Å². The molecule has 1 atom stereocenters. The Morgan fingerprint density at radius 1 is 1.30 bits per heavy atom. The molecule has 0 aromatic carbocycles. The number of nitrogens with zero attached hydrogens (tertiary/aromatic N) is 1. The normalized spacial score (nSPS) is 22.2. The first kappa shape index (κ1) is 14.1. The highest BCUT2D eigenvalue weighted by Gasteiger charge is 2.27. The highest BCUT2D eigenvalue weighted by molar-refractivity contribution is 7.10. The van der Waals surface area contributed by atoms with Crippen LogP contribution in [-0.2, 0) is 4.79 Å². The molecule has 0 spiro atoms. The van der Waals surface area contributed by atoms with E-state index in [9.17, 15) is 4.79 Å². The van der Waals surface area contributed by atoms with Crippen LogP contribution in [0.5, 0.6) is 0 Å². The van der Waals surface area contributed by atoms with Crippen molar-refractivity contribution in [2.75, 3.05) is 19.6 Å². The van der Waals surface area contributed by atoms with Crippen LogP contribution in [0, 0.1) is 5.92 Å². The van der Waals surface area contributed by atoms with Crippen LogP contribution in [0.3, 0.4) is 0 Å². The maximum Gasteiger partial charge on any atom is 0.223 e. The molecule has 0 bridgehead atoms. The second-order valence-corrected chi connectivity index (χ2v) is 6.98. The van der Waals surface area contributed by atoms with Gasteiger partial charge >= 0.3 is 0 Å². The number of carbonyl (C=O) groups is 1. The van der Waals surface area contributed by atoms with Gasteiger partial charge in [-0.2, -0.15) is 0 Å². The van der Waals surface area contributed by atoms with Gasteiger partial charge in [-0.3, -0.25) is 9.69 Å². The summed E-state index contributed by atoms with van der Waals surface area (Å²) in [6.07, 6.45) is 7.19. The summed E-state index contributed by atoms with van der Waals surface area (Å²) in [6.45, 7) is 3.11. The van der Waals surface area contributed by atoms with Crippen molar-refractivity contribution in [3.05, 3.63) is 22.4 Å². The van der Waals surface area contributed by atoms with Crippen LogP contribution in [0.4, 0.5) is 0 Å². The summed E-state index contributed by atoms with van der Waals surface area (Å²) in [6, 6.07) is 4.69. The van der Waals surface area contributed by atoms with Crippen molar-refractivity contribution >= 4 is 17.2 Å². The lowest BCUT2D eigenvalue weighted by Crippen LogP contribution is -2.38. The summed E-state index contributed by atoms with van der Waals surface area (Å²) in [7, 11) is 0. The molecule has 1 saturated heterocycles. The van der Waals surface area contributed by atoms with Crippen molar-refractivity contribution in [2.45, 2.75) is 44.6 Å². The fraction of sp³-hybridized carbons (Fsp3) is 0.688. The minimum atomic E-state index is 0.276. The molecule has 110 valence electrons. The first-order valence-electron chi connectivity index (χ1n) is 7.90. The highest BCUT2D eigenvalue weighted by atomic mass is 32.1. The van der Waals surface area contributed by atoms with E-state index < -0.39 is 0 Å². The summed E-state index contributed by atoms with van der Waals surface area (Å²) in [5.74, 6) is 0.556. The molecule has 1 aromatic heterocycles. The lowest BCUT2D eigenvalue weighted by Gasteiger charge is -2.27. The van der Waals surface area contributed by atoms with Crippen molar-refractivity contribution in [1.29, 1.82) is 0 Å². The van der Waals surface area contributed by atoms with Gasteiger partial charge in [-0.25, -0.2) is 0 Å². The molecule has 1 N–H and O–H groups in total. The van der Waals surface area contributed by atoms with E-state index in [1.54, 1.807) is 0 Å². The number of hydrogen-bond donors (Lipinski definition) is 1. The Bertz CT molecular complexity index is 420. The molecule has 0 radical (unpaired) electrons. The van der Waals surface area contributed by atoms with Crippen LogP contribution < -0.4 is 5.32 Å². The van der Waals surface area contributed by atoms with Crippen LogP contribution in [0.15, 0.2) is 17.5 Å². The molecule has 1 aliphatic carbocycles. The van der Waals surface area contributed by atoms with E-state index in [4.69, 9.17) is 0 Å². The smallest absolute Gasteiger partial charge is 0.223 e. The van der Waals surface area contributed by atoms with Crippen LogP contribution >= 0.6 is 11.3 Å². The zero-order chi connectivity index (χ0) is 13.8. The molecule has 2 fully saturated rings. The topological polar surface area (TPSA) is 32.3 Å². The molecule has 3 nitrogen and oxygen atoms in total. The van der Waals surface area contributed by atoms with Gasteiger partial charge in [-0.15, -0.1) is 11.3 Å². The minimum absolute atomic E-state index is 0.276. The SMILES string of the molecule is O=C(NC[C@H](c1cccs1)N1CCCC1)C1CCCC1. The van der Waals surface area contributed by atoms with E-state index in [-0.39, 0.29) is 11.8 Å². The van der Waals surface area contributed by atoms with Gasteiger partial charge in [0.15, 0.2) is 0 Å². The first-order chi connectivity index (χ1) is 9.84. The zero-order valence-electron chi connectivity index (χ0n) is 12.0. The Kier molecular flexibility index (Phi) is 4.73. The average molecular weight is 292 g/mol. The van der Waals surface area contributed by atoms with E-state index in [2.05, 4.69) is 27.7 Å². The second-order valence-electron chi connectivity index (χ2n) is 6.00. The number of likely N-dealkylation sites (tertiary alicyclic amines) is 1. The molecule has 3 rings (SSSR count). The van der Waals surface area contributed by atoms with Gasteiger partial charge < -0.3 is 5.32 Å². The predicted octanol–water partition coefficient (Wildman–Crippen LogP) is 3.19. The third-order valence-corrected chi connectivity index (χ3v) is 5.62.